The number of benzene rings is 2. The SMILES string of the molecule is COc1cccc(CN2CCC(C(=O)Nc3ccc(CC#N)cc3)CC2)c1. The van der Waals surface area contributed by atoms with Crippen molar-refractivity contribution in [1.29, 1.82) is 5.26 Å². The average Bonchev–Trinajstić information content (AvgIpc) is 2.70. The number of nitrogens with zero attached hydrogens (tertiary/aromatic N) is 2. The highest BCUT2D eigenvalue weighted by Gasteiger charge is 2.25. The monoisotopic (exact) mass is 363 g/mol. The number of ether oxygens (including phenoxy) is 1. The lowest BCUT2D eigenvalue weighted by atomic mass is 9.95. The van der Waals surface area contributed by atoms with E-state index in [0.29, 0.717) is 6.42 Å². The van der Waals surface area contributed by atoms with Gasteiger partial charge in [0.25, 0.3) is 0 Å². The Hall–Kier alpha value is -2.84. The molecule has 3 rings (SSSR count). The fourth-order valence-electron chi connectivity index (χ4n) is 3.42. The maximum absolute atomic E-state index is 12.5. The molecule has 0 spiro atoms. The molecule has 0 saturated carbocycles. The summed E-state index contributed by atoms with van der Waals surface area (Å²) in [5.41, 5.74) is 2.98. The fraction of sp³-hybridized carbons (Fsp3) is 0.364. The third kappa shape index (κ3) is 5.32. The first-order valence-electron chi connectivity index (χ1n) is 9.30. The van der Waals surface area contributed by atoms with Crippen LogP contribution in [0.25, 0.3) is 0 Å². The minimum Gasteiger partial charge on any atom is -0.497 e. The van der Waals surface area contributed by atoms with Gasteiger partial charge in [0.05, 0.1) is 19.6 Å². The maximum Gasteiger partial charge on any atom is 0.227 e. The van der Waals surface area contributed by atoms with Crippen LogP contribution in [0.3, 0.4) is 0 Å². The van der Waals surface area contributed by atoms with Gasteiger partial charge < -0.3 is 10.1 Å². The Labute approximate surface area is 160 Å². The van der Waals surface area contributed by atoms with Gasteiger partial charge in [-0.15, -0.1) is 0 Å². The van der Waals surface area contributed by atoms with E-state index in [-0.39, 0.29) is 11.8 Å². The van der Waals surface area contributed by atoms with Crippen LogP contribution in [0.5, 0.6) is 5.75 Å². The van der Waals surface area contributed by atoms with Crippen molar-refractivity contribution in [3.63, 3.8) is 0 Å². The van der Waals surface area contributed by atoms with Crippen molar-refractivity contribution < 1.29 is 9.53 Å². The number of hydrogen-bond acceptors (Lipinski definition) is 4. The molecule has 1 heterocycles. The van der Waals surface area contributed by atoms with Crippen LogP contribution in [-0.2, 0) is 17.8 Å². The molecule has 1 aliphatic rings. The highest BCUT2D eigenvalue weighted by molar-refractivity contribution is 5.92. The van der Waals surface area contributed by atoms with Crippen molar-refractivity contribution in [2.75, 3.05) is 25.5 Å². The first-order valence-corrected chi connectivity index (χ1v) is 9.30. The van der Waals surface area contributed by atoms with Crippen LogP contribution < -0.4 is 10.1 Å². The Balaban J connectivity index is 1.48. The van der Waals surface area contributed by atoms with Crippen molar-refractivity contribution in [1.82, 2.24) is 4.90 Å². The van der Waals surface area contributed by atoms with E-state index in [1.54, 1.807) is 7.11 Å². The zero-order chi connectivity index (χ0) is 19.1. The number of methoxy groups -OCH3 is 1. The standard InChI is InChI=1S/C22H25N3O2/c1-27-21-4-2-3-18(15-21)16-25-13-10-19(11-14-25)22(26)24-20-7-5-17(6-8-20)9-12-23/h2-8,15,19H,9-11,13-14,16H2,1H3,(H,24,26). The predicted octanol–water partition coefficient (Wildman–Crippen LogP) is 3.61. The highest BCUT2D eigenvalue weighted by atomic mass is 16.5. The molecule has 0 aromatic heterocycles. The number of nitriles is 1. The van der Waals surface area contributed by atoms with Gasteiger partial charge in [0, 0.05) is 18.2 Å². The van der Waals surface area contributed by atoms with E-state index in [2.05, 4.69) is 28.4 Å². The van der Waals surface area contributed by atoms with E-state index in [1.807, 2.05) is 36.4 Å². The first-order chi connectivity index (χ1) is 13.2. The number of piperidine rings is 1. The summed E-state index contributed by atoms with van der Waals surface area (Å²) in [6.07, 6.45) is 2.12. The van der Waals surface area contributed by atoms with Gasteiger partial charge >= 0.3 is 0 Å². The van der Waals surface area contributed by atoms with Crippen LogP contribution in [0.2, 0.25) is 0 Å². The van der Waals surface area contributed by atoms with Gasteiger partial charge in [-0.25, -0.2) is 0 Å². The molecule has 0 unspecified atom stereocenters. The molecule has 0 atom stereocenters. The molecule has 5 heteroatoms. The highest BCUT2D eigenvalue weighted by Crippen LogP contribution is 2.22. The number of carbonyl (C=O) groups excluding carboxylic acids is 1. The van der Waals surface area contributed by atoms with Crippen LogP contribution in [0.1, 0.15) is 24.0 Å². The summed E-state index contributed by atoms with van der Waals surface area (Å²) < 4.78 is 5.28. The molecular formula is C22H25N3O2. The summed E-state index contributed by atoms with van der Waals surface area (Å²) in [5, 5.41) is 11.7. The lowest BCUT2D eigenvalue weighted by Crippen LogP contribution is -2.37. The third-order valence-corrected chi connectivity index (χ3v) is 5.00. The van der Waals surface area contributed by atoms with Gasteiger partial charge in [0.1, 0.15) is 5.75 Å². The summed E-state index contributed by atoms with van der Waals surface area (Å²) >= 11 is 0. The molecule has 1 N–H and O–H groups in total. The van der Waals surface area contributed by atoms with Gasteiger partial charge in [-0.2, -0.15) is 5.26 Å². The summed E-state index contributed by atoms with van der Waals surface area (Å²) in [5.74, 6) is 1.01. The summed E-state index contributed by atoms with van der Waals surface area (Å²) in [7, 11) is 1.68. The summed E-state index contributed by atoms with van der Waals surface area (Å²) in [4.78, 5) is 14.9. The van der Waals surface area contributed by atoms with Crippen molar-refractivity contribution in [2.45, 2.75) is 25.8 Å². The zero-order valence-electron chi connectivity index (χ0n) is 15.6. The lowest BCUT2D eigenvalue weighted by Gasteiger charge is -2.31. The Bertz CT molecular complexity index is 803. The van der Waals surface area contributed by atoms with Crippen molar-refractivity contribution >= 4 is 11.6 Å². The predicted molar refractivity (Wildman–Crippen MR) is 105 cm³/mol. The van der Waals surface area contributed by atoms with E-state index >= 15 is 0 Å². The topological polar surface area (TPSA) is 65.4 Å². The Morgan fingerprint density at radius 1 is 1.19 bits per heavy atom. The van der Waals surface area contributed by atoms with Crippen molar-refractivity contribution in [3.8, 4) is 11.8 Å². The summed E-state index contributed by atoms with van der Waals surface area (Å²) in [6, 6.07) is 17.8. The fourth-order valence-corrected chi connectivity index (χ4v) is 3.42. The molecule has 5 nitrogen and oxygen atoms in total. The lowest BCUT2D eigenvalue weighted by molar-refractivity contribution is -0.121. The van der Waals surface area contributed by atoms with Gasteiger partial charge in [-0.05, 0) is 61.3 Å². The first kappa shape index (κ1) is 18.9. The maximum atomic E-state index is 12.5. The average molecular weight is 363 g/mol. The van der Waals surface area contributed by atoms with Crippen molar-refractivity contribution in [2.24, 2.45) is 5.92 Å². The third-order valence-electron chi connectivity index (χ3n) is 5.00. The number of rotatable bonds is 6. The zero-order valence-corrected chi connectivity index (χ0v) is 15.6. The molecule has 1 amide bonds. The second-order valence-corrected chi connectivity index (χ2v) is 6.92. The number of anilines is 1. The molecule has 0 bridgehead atoms. The normalized spacial score (nSPS) is 15.1. The van der Waals surface area contributed by atoms with E-state index in [4.69, 9.17) is 10.00 Å². The minimum absolute atomic E-state index is 0.0466. The van der Waals surface area contributed by atoms with Crippen LogP contribution >= 0.6 is 0 Å². The number of likely N-dealkylation sites (tertiary alicyclic amines) is 1. The quantitative estimate of drug-likeness (QED) is 0.851. The summed E-state index contributed by atoms with van der Waals surface area (Å²) in [6.45, 7) is 2.71. The van der Waals surface area contributed by atoms with Crippen LogP contribution in [-0.4, -0.2) is 31.0 Å². The van der Waals surface area contributed by atoms with E-state index in [1.165, 1.54) is 5.56 Å². The molecule has 27 heavy (non-hydrogen) atoms. The van der Waals surface area contributed by atoms with Crippen LogP contribution in [0, 0.1) is 17.2 Å². The van der Waals surface area contributed by atoms with Crippen LogP contribution in [0.15, 0.2) is 48.5 Å². The van der Waals surface area contributed by atoms with Crippen LogP contribution in [0.4, 0.5) is 5.69 Å². The van der Waals surface area contributed by atoms with Gasteiger partial charge in [-0.1, -0.05) is 24.3 Å². The molecule has 2 aromatic carbocycles. The number of nitrogens with one attached hydrogen (secondary N) is 1. The Morgan fingerprint density at radius 3 is 2.59 bits per heavy atom. The van der Waals surface area contributed by atoms with E-state index in [0.717, 1.165) is 49.5 Å². The second kappa shape index (κ2) is 9.20. The van der Waals surface area contributed by atoms with E-state index in [9.17, 15) is 4.79 Å². The molecule has 1 aliphatic heterocycles. The van der Waals surface area contributed by atoms with E-state index < -0.39 is 0 Å². The molecule has 140 valence electrons. The minimum atomic E-state index is 0.0466. The number of carbonyl (C=O) groups is 1. The molecular weight excluding hydrogens is 338 g/mol. The number of hydrogen-bond donors (Lipinski definition) is 1. The molecule has 1 saturated heterocycles. The molecule has 1 fully saturated rings. The molecule has 0 radical (unpaired) electrons. The molecule has 0 aliphatic carbocycles. The molecule has 2 aromatic rings. The number of amides is 1. The smallest absolute Gasteiger partial charge is 0.227 e. The van der Waals surface area contributed by atoms with Gasteiger partial charge in [0.15, 0.2) is 0 Å². The largest absolute Gasteiger partial charge is 0.497 e. The van der Waals surface area contributed by atoms with Crippen molar-refractivity contribution in [3.05, 3.63) is 59.7 Å². The van der Waals surface area contributed by atoms with Gasteiger partial charge in [0.2, 0.25) is 5.91 Å². The second-order valence-electron chi connectivity index (χ2n) is 6.92. The Morgan fingerprint density at radius 2 is 1.93 bits per heavy atom. The van der Waals surface area contributed by atoms with Gasteiger partial charge in [-0.3, -0.25) is 9.69 Å². The Kier molecular flexibility index (Phi) is 6.45.